The van der Waals surface area contributed by atoms with Crippen molar-refractivity contribution >= 4 is 5.97 Å². The van der Waals surface area contributed by atoms with E-state index >= 15 is 0 Å². The van der Waals surface area contributed by atoms with Gasteiger partial charge in [0, 0.05) is 12.1 Å². The zero-order chi connectivity index (χ0) is 27.7. The van der Waals surface area contributed by atoms with E-state index in [1.54, 1.807) is 6.92 Å². The lowest BCUT2D eigenvalue weighted by Crippen LogP contribution is -2.44. The molecule has 1 saturated carbocycles. The van der Waals surface area contributed by atoms with Gasteiger partial charge in [0.1, 0.15) is 0 Å². The molecular weight excluding hydrogens is 508 g/mol. The number of carboxylic acid groups (broad SMARTS) is 1. The topological polar surface area (TPSA) is 40.5 Å². The third kappa shape index (κ3) is 6.35. The Labute approximate surface area is 218 Å². The van der Waals surface area contributed by atoms with Crippen molar-refractivity contribution in [2.24, 2.45) is 17.8 Å². The quantitative estimate of drug-likeness (QED) is 0.373. The van der Waals surface area contributed by atoms with E-state index in [-0.39, 0.29) is 23.9 Å². The molecule has 0 spiro atoms. The van der Waals surface area contributed by atoms with Crippen LogP contribution in [0, 0.1) is 17.8 Å². The smallest absolute Gasteiger partial charge is 0.416 e. The zero-order valence-corrected chi connectivity index (χ0v) is 21.2. The fourth-order valence-corrected chi connectivity index (χ4v) is 6.27. The van der Waals surface area contributed by atoms with Gasteiger partial charge in [0.2, 0.25) is 0 Å². The molecule has 1 aliphatic heterocycles. The van der Waals surface area contributed by atoms with Crippen molar-refractivity contribution in [3.63, 3.8) is 0 Å². The lowest BCUT2D eigenvalue weighted by atomic mass is 9.75. The molecule has 1 aliphatic carbocycles. The molecule has 1 saturated heterocycles. The molecule has 0 radical (unpaired) electrons. The molecule has 0 amide bonds. The van der Waals surface area contributed by atoms with Crippen LogP contribution in [-0.4, -0.2) is 22.5 Å². The van der Waals surface area contributed by atoms with E-state index in [2.05, 4.69) is 4.90 Å². The molecule has 1 heterocycles. The summed E-state index contributed by atoms with van der Waals surface area (Å²) in [5.74, 6) is -1.52. The maximum absolute atomic E-state index is 13.3. The lowest BCUT2D eigenvalue weighted by molar-refractivity contribution is -0.144. The van der Waals surface area contributed by atoms with Crippen molar-refractivity contribution in [3.05, 3.63) is 70.8 Å². The molecule has 1 unspecified atom stereocenters. The highest BCUT2D eigenvalue weighted by Crippen LogP contribution is 2.48. The van der Waals surface area contributed by atoms with Crippen LogP contribution in [0.4, 0.5) is 26.3 Å². The van der Waals surface area contributed by atoms with Crippen molar-refractivity contribution in [1.29, 1.82) is 0 Å². The molecule has 9 heteroatoms. The number of hydrogen-bond donors (Lipinski definition) is 1. The number of nitrogens with zero attached hydrogens (tertiary/aromatic N) is 1. The van der Waals surface area contributed by atoms with Crippen LogP contribution in [-0.2, 0) is 17.1 Å². The minimum atomic E-state index is -4.48. The molecule has 2 aromatic rings. The number of likely N-dealkylation sites (tertiary alicyclic amines) is 1. The third-order valence-corrected chi connectivity index (χ3v) is 8.44. The van der Waals surface area contributed by atoms with Crippen LogP contribution in [0.2, 0.25) is 0 Å². The number of hydrogen-bond acceptors (Lipinski definition) is 2. The molecule has 1 N–H and O–H groups in total. The molecule has 4 atom stereocenters. The normalized spacial score (nSPS) is 23.7. The van der Waals surface area contributed by atoms with Gasteiger partial charge in [-0.2, -0.15) is 26.3 Å². The van der Waals surface area contributed by atoms with Gasteiger partial charge in [0.25, 0.3) is 0 Å². The predicted octanol–water partition coefficient (Wildman–Crippen LogP) is 8.52. The first kappa shape index (κ1) is 28.5. The number of carboxylic acids is 1. The van der Waals surface area contributed by atoms with Crippen LogP contribution >= 0.6 is 0 Å². The summed E-state index contributed by atoms with van der Waals surface area (Å²) in [5.41, 5.74) is -0.0675. The molecule has 3 nitrogen and oxygen atoms in total. The van der Waals surface area contributed by atoms with Gasteiger partial charge < -0.3 is 5.11 Å². The first-order chi connectivity index (χ1) is 17.9. The van der Waals surface area contributed by atoms with Crippen LogP contribution in [0.5, 0.6) is 0 Å². The lowest BCUT2D eigenvalue weighted by Gasteiger charge is -2.48. The number of aliphatic carboxylic acids is 1. The summed E-state index contributed by atoms with van der Waals surface area (Å²) in [4.78, 5) is 14.0. The summed E-state index contributed by atoms with van der Waals surface area (Å²) in [5, 5.41) is 9.64. The van der Waals surface area contributed by atoms with Crippen molar-refractivity contribution in [2.75, 3.05) is 6.54 Å². The Morgan fingerprint density at radius 1 is 0.816 bits per heavy atom. The maximum atomic E-state index is 13.3. The number of rotatable bonds is 6. The minimum absolute atomic E-state index is 0.171. The summed E-state index contributed by atoms with van der Waals surface area (Å²) in [7, 11) is 0. The molecular formula is C29H33F6NO2. The van der Waals surface area contributed by atoms with Crippen molar-refractivity contribution in [1.82, 2.24) is 4.90 Å². The molecule has 0 bridgehead atoms. The van der Waals surface area contributed by atoms with Crippen LogP contribution in [0.1, 0.15) is 86.2 Å². The zero-order valence-electron chi connectivity index (χ0n) is 21.2. The van der Waals surface area contributed by atoms with E-state index in [9.17, 15) is 36.2 Å². The summed E-state index contributed by atoms with van der Waals surface area (Å²) in [6.45, 7) is 2.16. The fraction of sp³-hybridized carbons (Fsp3) is 0.552. The van der Waals surface area contributed by atoms with E-state index in [0.29, 0.717) is 24.9 Å². The van der Waals surface area contributed by atoms with Gasteiger partial charge >= 0.3 is 18.3 Å². The van der Waals surface area contributed by atoms with E-state index in [1.165, 1.54) is 24.3 Å². The average Bonchev–Trinajstić information content (AvgIpc) is 2.88. The highest BCUT2D eigenvalue weighted by atomic mass is 19.4. The molecule has 0 aromatic heterocycles. The van der Waals surface area contributed by atoms with Crippen LogP contribution < -0.4 is 0 Å². The SMILES string of the molecule is CC(C(=O)O)[C@@H]1CCN([C@@H](c2ccc(C(F)(F)F)cc2)C2CCCCC2)[C@H](c2ccc(C(F)(F)F)cc2)C1. The Morgan fingerprint density at radius 3 is 1.84 bits per heavy atom. The van der Waals surface area contributed by atoms with Gasteiger partial charge in [0.05, 0.1) is 17.0 Å². The highest BCUT2D eigenvalue weighted by molar-refractivity contribution is 5.69. The van der Waals surface area contributed by atoms with Gasteiger partial charge in [-0.25, -0.2) is 0 Å². The highest BCUT2D eigenvalue weighted by Gasteiger charge is 2.41. The standard InChI is InChI=1S/C29H33F6NO2/c1-18(27(37)38)22-15-16-36(25(17-22)19-7-11-23(12-8-19)28(30,31)32)26(20-5-3-2-4-6-20)21-9-13-24(14-10-21)29(33,34)35/h7-14,18,20,22,25-26H,2-6,15-17H2,1H3,(H,37,38)/t18?,22-,25+,26-/m1/s1. The second-order valence-corrected chi connectivity index (χ2v) is 10.7. The largest absolute Gasteiger partial charge is 0.481 e. The van der Waals surface area contributed by atoms with Crippen molar-refractivity contribution in [3.8, 4) is 0 Å². The van der Waals surface area contributed by atoms with Crippen LogP contribution in [0.3, 0.4) is 0 Å². The fourth-order valence-electron chi connectivity index (χ4n) is 6.27. The molecule has 2 fully saturated rings. The average molecular weight is 542 g/mol. The van der Waals surface area contributed by atoms with Gasteiger partial charge in [-0.05, 0) is 79.5 Å². The minimum Gasteiger partial charge on any atom is -0.481 e. The Bertz CT molecular complexity index is 1070. The molecule has 38 heavy (non-hydrogen) atoms. The van der Waals surface area contributed by atoms with E-state index in [4.69, 9.17) is 0 Å². The Kier molecular flexibility index (Phi) is 8.45. The Balaban J connectivity index is 1.74. The number of halogens is 6. The van der Waals surface area contributed by atoms with Crippen LogP contribution in [0.25, 0.3) is 0 Å². The van der Waals surface area contributed by atoms with Gasteiger partial charge in [-0.15, -0.1) is 0 Å². The summed E-state index contributed by atoms with van der Waals surface area (Å²) < 4.78 is 79.6. The number of alkyl halides is 6. The first-order valence-corrected chi connectivity index (χ1v) is 13.2. The third-order valence-electron chi connectivity index (χ3n) is 8.44. The first-order valence-electron chi connectivity index (χ1n) is 13.2. The second-order valence-electron chi connectivity index (χ2n) is 10.7. The van der Waals surface area contributed by atoms with Crippen molar-refractivity contribution in [2.45, 2.75) is 76.3 Å². The summed E-state index contributed by atoms with van der Waals surface area (Å²) in [6, 6.07) is 9.68. The Morgan fingerprint density at radius 2 is 1.34 bits per heavy atom. The molecule has 4 rings (SSSR count). The predicted molar refractivity (Wildman–Crippen MR) is 131 cm³/mol. The van der Waals surface area contributed by atoms with Crippen LogP contribution in [0.15, 0.2) is 48.5 Å². The molecule has 2 aromatic carbocycles. The van der Waals surface area contributed by atoms with Crippen molar-refractivity contribution < 1.29 is 36.2 Å². The second kappa shape index (κ2) is 11.3. The summed E-state index contributed by atoms with van der Waals surface area (Å²) >= 11 is 0. The number of piperidine rings is 1. The van der Waals surface area contributed by atoms with E-state index in [0.717, 1.165) is 61.9 Å². The van der Waals surface area contributed by atoms with E-state index < -0.39 is 35.4 Å². The molecule has 208 valence electrons. The van der Waals surface area contributed by atoms with Gasteiger partial charge in [-0.1, -0.05) is 50.5 Å². The number of benzene rings is 2. The summed E-state index contributed by atoms with van der Waals surface area (Å²) in [6.07, 6.45) is -2.94. The number of carbonyl (C=O) groups is 1. The maximum Gasteiger partial charge on any atom is 0.416 e. The van der Waals surface area contributed by atoms with Gasteiger partial charge in [-0.3, -0.25) is 9.69 Å². The van der Waals surface area contributed by atoms with Gasteiger partial charge in [0.15, 0.2) is 0 Å². The monoisotopic (exact) mass is 541 g/mol. The van der Waals surface area contributed by atoms with E-state index in [1.807, 2.05) is 0 Å². The Hall–Kier alpha value is -2.55. The molecule has 2 aliphatic rings.